The number of carbonyl (C=O) groups excluding carboxylic acids is 1. The van der Waals surface area contributed by atoms with E-state index < -0.39 is 5.91 Å². The van der Waals surface area contributed by atoms with Gasteiger partial charge in [-0.15, -0.1) is 0 Å². The van der Waals surface area contributed by atoms with Crippen molar-refractivity contribution in [2.24, 2.45) is 0 Å². The first-order valence-electron chi connectivity index (χ1n) is 10.1. The Labute approximate surface area is 166 Å². The average Bonchev–Trinajstić information content (AvgIpc) is 3.07. The number of carbonyl (C=O) groups is 1. The van der Waals surface area contributed by atoms with Crippen molar-refractivity contribution >= 4 is 23.0 Å². The van der Waals surface area contributed by atoms with Crippen molar-refractivity contribution < 1.29 is 15.1 Å². The topological polar surface area (TPSA) is 90.6 Å². The number of hydrogen-bond donors (Lipinski definition) is 3. The molecule has 28 heavy (non-hydrogen) atoms. The quantitative estimate of drug-likeness (QED) is 0.295. The van der Waals surface area contributed by atoms with Gasteiger partial charge in [-0.25, -0.2) is 10.5 Å². The summed E-state index contributed by atoms with van der Waals surface area (Å²) in [6.07, 6.45) is 6.88. The van der Waals surface area contributed by atoms with Crippen LogP contribution in [-0.4, -0.2) is 56.9 Å². The van der Waals surface area contributed by atoms with Gasteiger partial charge in [-0.1, -0.05) is 26.3 Å². The van der Waals surface area contributed by atoms with Crippen molar-refractivity contribution in [3.63, 3.8) is 0 Å². The molecule has 0 aliphatic heterocycles. The zero-order valence-electron chi connectivity index (χ0n) is 16.9. The number of nitrogens with one attached hydrogen (secondary N) is 1. The van der Waals surface area contributed by atoms with Crippen molar-refractivity contribution in [3.8, 4) is 0 Å². The number of imidazole rings is 1. The number of unbranched alkanes of at least 4 members (excludes halogenated alkanes) is 1. The third-order valence-corrected chi connectivity index (χ3v) is 4.86. The van der Waals surface area contributed by atoms with E-state index in [0.717, 1.165) is 74.3 Å². The summed E-state index contributed by atoms with van der Waals surface area (Å²) in [5.74, 6) is 0.529. The van der Waals surface area contributed by atoms with Gasteiger partial charge < -0.3 is 14.6 Å². The number of hydroxylamine groups is 1. The molecule has 0 saturated heterocycles. The molecule has 0 unspecified atom stereocenters. The SMILES string of the molecule is CCCCc1nc2cc(C=CC(=O)NO)ccc2n1CCN(CC)CCCO. The molecule has 0 spiro atoms. The fourth-order valence-electron chi connectivity index (χ4n) is 3.25. The minimum atomic E-state index is -0.559. The average molecular weight is 389 g/mol. The van der Waals surface area contributed by atoms with Gasteiger partial charge in [-0.2, -0.15) is 0 Å². The molecule has 0 aliphatic carbocycles. The fraction of sp³-hybridized carbons (Fsp3) is 0.524. The molecule has 0 aliphatic rings. The van der Waals surface area contributed by atoms with Crippen LogP contribution < -0.4 is 5.48 Å². The lowest BCUT2D eigenvalue weighted by Gasteiger charge is -2.21. The van der Waals surface area contributed by atoms with E-state index in [2.05, 4.69) is 23.3 Å². The number of aliphatic hydroxyl groups excluding tert-OH is 1. The van der Waals surface area contributed by atoms with Crippen LogP contribution >= 0.6 is 0 Å². The Balaban J connectivity index is 2.25. The van der Waals surface area contributed by atoms with E-state index in [0.29, 0.717) is 0 Å². The second-order valence-corrected chi connectivity index (χ2v) is 6.85. The van der Waals surface area contributed by atoms with E-state index in [9.17, 15) is 4.79 Å². The summed E-state index contributed by atoms with van der Waals surface area (Å²) in [6, 6.07) is 5.96. The number of hydrogen-bond acceptors (Lipinski definition) is 5. The highest BCUT2D eigenvalue weighted by Crippen LogP contribution is 2.20. The summed E-state index contributed by atoms with van der Waals surface area (Å²) in [6.45, 7) is 8.16. The van der Waals surface area contributed by atoms with Crippen LogP contribution in [0.3, 0.4) is 0 Å². The highest BCUT2D eigenvalue weighted by atomic mass is 16.5. The normalized spacial score (nSPS) is 11.8. The van der Waals surface area contributed by atoms with Crippen molar-refractivity contribution in [2.75, 3.05) is 26.2 Å². The number of likely N-dealkylation sites (N-methyl/N-ethyl adjacent to an activating group) is 1. The minimum Gasteiger partial charge on any atom is -0.396 e. The number of rotatable bonds is 12. The van der Waals surface area contributed by atoms with Gasteiger partial charge in [0.2, 0.25) is 0 Å². The molecule has 1 aromatic heterocycles. The first-order chi connectivity index (χ1) is 13.6. The maximum Gasteiger partial charge on any atom is 0.267 e. The first-order valence-corrected chi connectivity index (χ1v) is 10.1. The van der Waals surface area contributed by atoms with E-state index in [-0.39, 0.29) is 6.61 Å². The number of benzene rings is 1. The molecule has 1 aromatic carbocycles. The van der Waals surface area contributed by atoms with Crippen molar-refractivity contribution in [1.82, 2.24) is 19.9 Å². The van der Waals surface area contributed by atoms with Crippen LogP contribution in [0.1, 0.15) is 44.5 Å². The van der Waals surface area contributed by atoms with Crippen molar-refractivity contribution in [1.29, 1.82) is 0 Å². The van der Waals surface area contributed by atoms with Gasteiger partial charge in [0.15, 0.2) is 0 Å². The molecule has 1 amide bonds. The fourth-order valence-corrected chi connectivity index (χ4v) is 3.25. The van der Waals surface area contributed by atoms with Crippen LogP contribution in [0, 0.1) is 0 Å². The predicted octanol–water partition coefficient (Wildman–Crippen LogP) is 2.60. The number of fused-ring (bicyclic) bond motifs is 1. The number of aliphatic hydroxyl groups is 1. The lowest BCUT2D eigenvalue weighted by Crippen LogP contribution is -2.29. The van der Waals surface area contributed by atoms with Gasteiger partial charge in [-0.05, 0) is 43.2 Å². The van der Waals surface area contributed by atoms with E-state index in [1.54, 1.807) is 11.6 Å². The number of aromatic nitrogens is 2. The van der Waals surface area contributed by atoms with Gasteiger partial charge in [-0.3, -0.25) is 10.0 Å². The zero-order valence-corrected chi connectivity index (χ0v) is 16.9. The van der Waals surface area contributed by atoms with Crippen LogP contribution in [0.15, 0.2) is 24.3 Å². The Kier molecular flexibility index (Phi) is 9.13. The highest BCUT2D eigenvalue weighted by molar-refractivity contribution is 5.91. The largest absolute Gasteiger partial charge is 0.396 e. The van der Waals surface area contributed by atoms with E-state index in [1.807, 2.05) is 18.2 Å². The Morgan fingerprint density at radius 2 is 2.11 bits per heavy atom. The van der Waals surface area contributed by atoms with Crippen molar-refractivity contribution in [3.05, 3.63) is 35.7 Å². The summed E-state index contributed by atoms with van der Waals surface area (Å²) in [7, 11) is 0. The van der Waals surface area contributed by atoms with Gasteiger partial charge in [0.25, 0.3) is 5.91 Å². The van der Waals surface area contributed by atoms with Crippen LogP contribution in [-0.2, 0) is 17.8 Å². The highest BCUT2D eigenvalue weighted by Gasteiger charge is 2.12. The van der Waals surface area contributed by atoms with Gasteiger partial charge in [0, 0.05) is 38.7 Å². The second kappa shape index (κ2) is 11.6. The lowest BCUT2D eigenvalue weighted by molar-refractivity contribution is -0.124. The monoisotopic (exact) mass is 388 g/mol. The number of amides is 1. The summed E-state index contributed by atoms with van der Waals surface area (Å²) in [5.41, 5.74) is 4.46. The van der Waals surface area contributed by atoms with Crippen LogP contribution in [0.25, 0.3) is 17.1 Å². The molecule has 3 N–H and O–H groups in total. The molecule has 2 aromatic rings. The van der Waals surface area contributed by atoms with Crippen LogP contribution in [0.2, 0.25) is 0 Å². The Morgan fingerprint density at radius 3 is 2.79 bits per heavy atom. The summed E-state index contributed by atoms with van der Waals surface area (Å²) in [4.78, 5) is 18.4. The zero-order chi connectivity index (χ0) is 20.4. The number of aryl methyl sites for hydroxylation is 1. The Hall–Kier alpha value is -2.22. The molecular formula is C21H32N4O3. The molecule has 0 saturated carbocycles. The molecule has 0 radical (unpaired) electrons. The third kappa shape index (κ3) is 6.15. The lowest BCUT2D eigenvalue weighted by atomic mass is 10.2. The maximum absolute atomic E-state index is 11.2. The minimum absolute atomic E-state index is 0.219. The number of nitrogens with zero attached hydrogens (tertiary/aromatic N) is 3. The molecule has 0 atom stereocenters. The Bertz CT molecular complexity index is 785. The van der Waals surface area contributed by atoms with Gasteiger partial charge in [0.1, 0.15) is 5.82 Å². The third-order valence-electron chi connectivity index (χ3n) is 4.86. The standard InChI is InChI=1S/C21H32N4O3/c1-3-5-7-20-22-18-16-17(9-11-21(27)23-28)8-10-19(18)25(20)14-13-24(4-2)12-6-15-26/h8-11,16,26,28H,3-7,12-15H2,1-2H3,(H,23,27). The second-order valence-electron chi connectivity index (χ2n) is 6.85. The summed E-state index contributed by atoms with van der Waals surface area (Å²) >= 11 is 0. The van der Waals surface area contributed by atoms with E-state index in [4.69, 9.17) is 15.3 Å². The van der Waals surface area contributed by atoms with E-state index in [1.165, 1.54) is 6.08 Å². The molecule has 0 bridgehead atoms. The summed E-state index contributed by atoms with van der Waals surface area (Å²) < 4.78 is 2.29. The van der Waals surface area contributed by atoms with Gasteiger partial charge >= 0.3 is 0 Å². The molecule has 1 heterocycles. The maximum atomic E-state index is 11.2. The molecule has 7 nitrogen and oxygen atoms in total. The van der Waals surface area contributed by atoms with Gasteiger partial charge in [0.05, 0.1) is 11.0 Å². The van der Waals surface area contributed by atoms with E-state index >= 15 is 0 Å². The van der Waals surface area contributed by atoms with Crippen molar-refractivity contribution in [2.45, 2.75) is 46.1 Å². The Morgan fingerprint density at radius 1 is 1.29 bits per heavy atom. The molecule has 154 valence electrons. The molecule has 0 fully saturated rings. The smallest absolute Gasteiger partial charge is 0.267 e. The molecular weight excluding hydrogens is 356 g/mol. The summed E-state index contributed by atoms with van der Waals surface area (Å²) in [5, 5.41) is 17.7. The van der Waals surface area contributed by atoms with Crippen LogP contribution in [0.4, 0.5) is 0 Å². The molecule has 2 rings (SSSR count). The molecule has 7 heteroatoms. The van der Waals surface area contributed by atoms with Crippen LogP contribution in [0.5, 0.6) is 0 Å². The first kappa shape index (κ1) is 22.1. The predicted molar refractivity (Wildman–Crippen MR) is 111 cm³/mol.